The SMILES string of the molecule is CC(Sc1nnc(-c2ccncc2)n1Cc1ccccc1)C(=O)Nc1cccc(Cl)c1Cl. The lowest BCUT2D eigenvalue weighted by Crippen LogP contribution is -2.23. The number of hydrogen-bond acceptors (Lipinski definition) is 5. The Morgan fingerprint density at radius 3 is 2.53 bits per heavy atom. The standard InChI is InChI=1S/C23H19Cl2N5OS/c1-15(22(31)27-19-9-5-8-18(24)20(19)25)32-23-29-28-21(17-10-12-26-13-11-17)30(23)14-16-6-3-2-4-7-16/h2-13,15H,14H2,1H3,(H,27,31). The fourth-order valence-electron chi connectivity index (χ4n) is 3.05. The molecule has 0 radical (unpaired) electrons. The van der Waals surface area contributed by atoms with Gasteiger partial charge in [-0.3, -0.25) is 14.3 Å². The van der Waals surface area contributed by atoms with E-state index in [9.17, 15) is 4.79 Å². The first-order valence-corrected chi connectivity index (χ1v) is 11.5. The van der Waals surface area contributed by atoms with Crippen LogP contribution in [0.25, 0.3) is 11.4 Å². The Morgan fingerprint density at radius 1 is 1.03 bits per heavy atom. The van der Waals surface area contributed by atoms with E-state index in [0.29, 0.717) is 33.3 Å². The second kappa shape index (κ2) is 10.2. The summed E-state index contributed by atoms with van der Waals surface area (Å²) in [5.41, 5.74) is 2.48. The molecule has 0 fully saturated rings. The minimum atomic E-state index is -0.450. The zero-order chi connectivity index (χ0) is 22.5. The summed E-state index contributed by atoms with van der Waals surface area (Å²) in [6.45, 7) is 2.38. The molecule has 1 atom stereocenters. The molecular weight excluding hydrogens is 465 g/mol. The highest BCUT2D eigenvalue weighted by Gasteiger charge is 2.22. The van der Waals surface area contributed by atoms with Crippen molar-refractivity contribution in [3.63, 3.8) is 0 Å². The van der Waals surface area contributed by atoms with Crippen molar-refractivity contribution in [2.45, 2.75) is 23.9 Å². The van der Waals surface area contributed by atoms with Crippen LogP contribution in [0.2, 0.25) is 10.0 Å². The number of amides is 1. The van der Waals surface area contributed by atoms with E-state index in [1.165, 1.54) is 11.8 Å². The Balaban J connectivity index is 1.59. The Kier molecular flexibility index (Phi) is 7.09. The largest absolute Gasteiger partial charge is 0.324 e. The molecule has 0 aliphatic heterocycles. The van der Waals surface area contributed by atoms with Crippen LogP contribution >= 0.6 is 35.0 Å². The van der Waals surface area contributed by atoms with Gasteiger partial charge in [-0.15, -0.1) is 10.2 Å². The molecule has 4 rings (SSSR count). The normalized spacial score (nSPS) is 11.8. The molecule has 4 aromatic rings. The molecule has 0 aliphatic rings. The second-order valence-corrected chi connectivity index (χ2v) is 9.06. The minimum absolute atomic E-state index is 0.209. The number of halogens is 2. The molecule has 9 heteroatoms. The number of thioether (sulfide) groups is 1. The van der Waals surface area contributed by atoms with Gasteiger partial charge in [-0.2, -0.15) is 0 Å². The molecule has 6 nitrogen and oxygen atoms in total. The first-order chi connectivity index (χ1) is 15.5. The average Bonchev–Trinajstić information content (AvgIpc) is 3.20. The van der Waals surface area contributed by atoms with E-state index in [-0.39, 0.29) is 5.91 Å². The van der Waals surface area contributed by atoms with Gasteiger partial charge in [0.05, 0.1) is 27.5 Å². The van der Waals surface area contributed by atoms with Crippen molar-refractivity contribution in [2.75, 3.05) is 5.32 Å². The maximum absolute atomic E-state index is 12.8. The van der Waals surface area contributed by atoms with Gasteiger partial charge in [0.2, 0.25) is 5.91 Å². The molecule has 1 N–H and O–H groups in total. The van der Waals surface area contributed by atoms with Crippen LogP contribution in [0, 0.1) is 0 Å². The summed E-state index contributed by atoms with van der Waals surface area (Å²) in [6, 6.07) is 18.9. The number of anilines is 1. The molecule has 1 amide bonds. The third-order valence-electron chi connectivity index (χ3n) is 4.70. The predicted molar refractivity (Wildman–Crippen MR) is 129 cm³/mol. The van der Waals surface area contributed by atoms with Crippen LogP contribution in [0.1, 0.15) is 12.5 Å². The van der Waals surface area contributed by atoms with Gasteiger partial charge < -0.3 is 5.32 Å². The summed E-state index contributed by atoms with van der Waals surface area (Å²) < 4.78 is 2.01. The molecular formula is C23H19Cl2N5OS. The third kappa shape index (κ3) is 5.12. The van der Waals surface area contributed by atoms with Crippen molar-refractivity contribution in [2.24, 2.45) is 0 Å². The molecule has 2 aromatic carbocycles. The molecule has 0 aliphatic carbocycles. The highest BCUT2D eigenvalue weighted by molar-refractivity contribution is 8.00. The van der Waals surface area contributed by atoms with Crippen molar-refractivity contribution in [3.8, 4) is 11.4 Å². The van der Waals surface area contributed by atoms with Crippen molar-refractivity contribution in [3.05, 3.63) is 88.7 Å². The zero-order valence-electron chi connectivity index (χ0n) is 17.1. The molecule has 0 saturated heterocycles. The molecule has 2 aromatic heterocycles. The van der Waals surface area contributed by atoms with Crippen LogP contribution in [-0.2, 0) is 11.3 Å². The summed E-state index contributed by atoms with van der Waals surface area (Å²) in [6.07, 6.45) is 3.43. The van der Waals surface area contributed by atoms with Crippen molar-refractivity contribution >= 4 is 46.6 Å². The fourth-order valence-corrected chi connectivity index (χ4v) is 4.24. The number of aromatic nitrogens is 4. The number of rotatable bonds is 7. The highest BCUT2D eigenvalue weighted by atomic mass is 35.5. The van der Waals surface area contributed by atoms with Crippen molar-refractivity contribution in [1.82, 2.24) is 19.7 Å². The maximum atomic E-state index is 12.8. The maximum Gasteiger partial charge on any atom is 0.237 e. The molecule has 32 heavy (non-hydrogen) atoms. The van der Waals surface area contributed by atoms with Gasteiger partial charge in [-0.05, 0) is 36.8 Å². The first kappa shape index (κ1) is 22.3. The van der Waals surface area contributed by atoms with E-state index in [1.54, 1.807) is 30.6 Å². The van der Waals surface area contributed by atoms with Crippen LogP contribution in [0.3, 0.4) is 0 Å². The van der Waals surface area contributed by atoms with Gasteiger partial charge in [0.25, 0.3) is 0 Å². The monoisotopic (exact) mass is 483 g/mol. The van der Waals surface area contributed by atoms with Gasteiger partial charge in [0.15, 0.2) is 11.0 Å². The quantitative estimate of drug-likeness (QED) is 0.335. The van der Waals surface area contributed by atoms with Gasteiger partial charge in [-0.1, -0.05) is 71.4 Å². The first-order valence-electron chi connectivity index (χ1n) is 9.82. The molecule has 0 saturated carbocycles. The minimum Gasteiger partial charge on any atom is -0.324 e. The van der Waals surface area contributed by atoms with Gasteiger partial charge in [-0.25, -0.2) is 0 Å². The molecule has 0 spiro atoms. The van der Waals surface area contributed by atoms with Crippen LogP contribution in [0.15, 0.2) is 78.2 Å². The molecule has 162 valence electrons. The summed E-state index contributed by atoms with van der Waals surface area (Å²) >= 11 is 13.6. The summed E-state index contributed by atoms with van der Waals surface area (Å²) in [5.74, 6) is 0.503. The number of hydrogen-bond donors (Lipinski definition) is 1. The van der Waals surface area contributed by atoms with Gasteiger partial charge >= 0.3 is 0 Å². The summed E-state index contributed by atoms with van der Waals surface area (Å²) in [4.78, 5) is 16.9. The van der Waals surface area contributed by atoms with E-state index < -0.39 is 5.25 Å². The number of nitrogens with one attached hydrogen (secondary N) is 1. The van der Waals surface area contributed by atoms with Crippen molar-refractivity contribution in [1.29, 1.82) is 0 Å². The number of nitrogens with zero attached hydrogens (tertiary/aromatic N) is 4. The number of benzene rings is 2. The van der Waals surface area contributed by atoms with E-state index >= 15 is 0 Å². The molecule has 1 unspecified atom stereocenters. The van der Waals surface area contributed by atoms with E-state index in [2.05, 4.69) is 20.5 Å². The summed E-state index contributed by atoms with van der Waals surface area (Å²) in [7, 11) is 0. The number of pyridine rings is 1. The Hall–Kier alpha value is -2.87. The molecule has 0 bridgehead atoms. The van der Waals surface area contributed by atoms with E-state index in [4.69, 9.17) is 23.2 Å². The summed E-state index contributed by atoms with van der Waals surface area (Å²) in [5, 5.41) is 12.5. The predicted octanol–water partition coefficient (Wildman–Crippen LogP) is 5.81. The Morgan fingerprint density at radius 2 is 1.78 bits per heavy atom. The molecule has 2 heterocycles. The Labute approximate surface area is 200 Å². The van der Waals surface area contributed by atoms with Crippen LogP contribution in [0.4, 0.5) is 5.69 Å². The van der Waals surface area contributed by atoms with Crippen LogP contribution < -0.4 is 5.32 Å². The van der Waals surface area contributed by atoms with Gasteiger partial charge in [0.1, 0.15) is 0 Å². The third-order valence-corrected chi connectivity index (χ3v) is 6.60. The fraction of sp³-hybridized carbons (Fsp3) is 0.130. The topological polar surface area (TPSA) is 72.7 Å². The smallest absolute Gasteiger partial charge is 0.237 e. The van der Waals surface area contributed by atoms with Crippen LogP contribution in [-0.4, -0.2) is 30.9 Å². The number of carbonyl (C=O) groups is 1. The van der Waals surface area contributed by atoms with Crippen LogP contribution in [0.5, 0.6) is 0 Å². The zero-order valence-corrected chi connectivity index (χ0v) is 19.4. The van der Waals surface area contributed by atoms with Gasteiger partial charge in [0, 0.05) is 18.0 Å². The lowest BCUT2D eigenvalue weighted by molar-refractivity contribution is -0.115. The number of carbonyl (C=O) groups excluding carboxylic acids is 1. The lowest BCUT2D eigenvalue weighted by atomic mass is 10.2. The van der Waals surface area contributed by atoms with Crippen molar-refractivity contribution < 1.29 is 4.79 Å². The van der Waals surface area contributed by atoms with E-state index in [0.717, 1.165) is 11.1 Å². The highest BCUT2D eigenvalue weighted by Crippen LogP contribution is 2.31. The lowest BCUT2D eigenvalue weighted by Gasteiger charge is -2.15. The second-order valence-electron chi connectivity index (χ2n) is 6.96. The Bertz CT molecular complexity index is 1220. The van der Waals surface area contributed by atoms with E-state index in [1.807, 2.05) is 54.0 Å². The average molecular weight is 484 g/mol.